The van der Waals surface area contributed by atoms with Crippen molar-refractivity contribution in [2.75, 3.05) is 6.54 Å². The van der Waals surface area contributed by atoms with Gasteiger partial charge in [-0.15, -0.1) is 0 Å². The normalized spacial score (nSPS) is 11.2. The Morgan fingerprint density at radius 3 is 2.81 bits per heavy atom. The maximum atomic E-state index is 11.8. The number of nitrogens with zero attached hydrogens (tertiary/aromatic N) is 1. The second-order valence-electron chi connectivity index (χ2n) is 4.54. The predicted molar refractivity (Wildman–Crippen MR) is 65.7 cm³/mol. The van der Waals surface area contributed by atoms with E-state index in [1.807, 2.05) is 0 Å². The molecular weight excluding hydrogens is 224 g/mol. The zero-order chi connectivity index (χ0) is 12.2. The molecule has 0 unspecified atom stereocenters. The first-order chi connectivity index (χ1) is 7.46. The van der Waals surface area contributed by atoms with Crippen molar-refractivity contribution in [3.8, 4) is 0 Å². The van der Waals surface area contributed by atoms with Gasteiger partial charge >= 0.3 is 0 Å². The molecule has 1 amide bonds. The van der Waals surface area contributed by atoms with Crippen molar-refractivity contribution >= 4 is 17.5 Å². The number of hydrogen-bond donors (Lipinski definition) is 1. The number of amides is 1. The van der Waals surface area contributed by atoms with E-state index in [-0.39, 0.29) is 16.5 Å². The van der Waals surface area contributed by atoms with Crippen LogP contribution >= 0.6 is 11.6 Å². The van der Waals surface area contributed by atoms with E-state index in [1.165, 1.54) is 0 Å². The van der Waals surface area contributed by atoms with Crippen LogP contribution in [-0.4, -0.2) is 17.4 Å². The van der Waals surface area contributed by atoms with Gasteiger partial charge in [-0.05, 0) is 24.0 Å². The molecule has 88 valence electrons. The third-order valence-electron chi connectivity index (χ3n) is 2.69. The van der Waals surface area contributed by atoms with Crippen molar-refractivity contribution in [3.63, 3.8) is 0 Å². The molecule has 0 fully saturated rings. The third kappa shape index (κ3) is 3.49. The van der Waals surface area contributed by atoms with Gasteiger partial charge in [0.15, 0.2) is 0 Å². The van der Waals surface area contributed by atoms with Gasteiger partial charge < -0.3 is 5.32 Å². The van der Waals surface area contributed by atoms with Crippen molar-refractivity contribution in [2.24, 2.45) is 5.41 Å². The second-order valence-corrected chi connectivity index (χ2v) is 4.90. The minimum absolute atomic E-state index is 0.102. The lowest BCUT2D eigenvalue weighted by Crippen LogP contribution is -2.33. The fraction of sp³-hybridized carbons (Fsp3) is 0.500. The van der Waals surface area contributed by atoms with E-state index in [0.717, 1.165) is 6.42 Å². The summed E-state index contributed by atoms with van der Waals surface area (Å²) < 4.78 is 0. The molecule has 0 saturated carbocycles. The summed E-state index contributed by atoms with van der Waals surface area (Å²) in [6.45, 7) is 6.95. The van der Waals surface area contributed by atoms with Crippen molar-refractivity contribution in [3.05, 3.63) is 29.0 Å². The van der Waals surface area contributed by atoms with Gasteiger partial charge in [-0.25, -0.2) is 4.98 Å². The van der Waals surface area contributed by atoms with Gasteiger partial charge in [-0.3, -0.25) is 4.79 Å². The highest BCUT2D eigenvalue weighted by molar-refractivity contribution is 6.32. The predicted octanol–water partition coefficient (Wildman–Crippen LogP) is 2.90. The lowest BCUT2D eigenvalue weighted by atomic mass is 9.90. The Balaban J connectivity index is 2.64. The van der Waals surface area contributed by atoms with Crippen molar-refractivity contribution in [1.82, 2.24) is 10.3 Å². The molecule has 4 heteroatoms. The monoisotopic (exact) mass is 240 g/mol. The van der Waals surface area contributed by atoms with Gasteiger partial charge in [-0.2, -0.15) is 0 Å². The van der Waals surface area contributed by atoms with Crippen LogP contribution in [0, 0.1) is 5.41 Å². The number of halogens is 1. The molecule has 1 aromatic heterocycles. The molecule has 0 atom stereocenters. The lowest BCUT2D eigenvalue weighted by Gasteiger charge is -2.22. The molecule has 1 aromatic rings. The maximum absolute atomic E-state index is 11.8. The van der Waals surface area contributed by atoms with E-state index >= 15 is 0 Å². The van der Waals surface area contributed by atoms with Crippen LogP contribution in [-0.2, 0) is 0 Å². The Bertz CT molecular complexity index is 377. The van der Waals surface area contributed by atoms with Crippen LogP contribution < -0.4 is 5.32 Å². The molecule has 0 aliphatic heterocycles. The zero-order valence-electron chi connectivity index (χ0n) is 9.88. The smallest absolute Gasteiger partial charge is 0.254 e. The molecule has 0 aliphatic carbocycles. The number of nitrogens with one attached hydrogen (secondary N) is 1. The number of hydrogen-bond acceptors (Lipinski definition) is 2. The Kier molecular flexibility index (Phi) is 4.30. The number of pyridine rings is 1. The first kappa shape index (κ1) is 13.0. The first-order valence-electron chi connectivity index (χ1n) is 5.35. The fourth-order valence-corrected chi connectivity index (χ4v) is 1.30. The molecule has 1 heterocycles. The average molecular weight is 241 g/mol. The second kappa shape index (κ2) is 5.30. The van der Waals surface area contributed by atoms with E-state index in [0.29, 0.717) is 12.1 Å². The van der Waals surface area contributed by atoms with Crippen molar-refractivity contribution in [2.45, 2.75) is 27.2 Å². The summed E-state index contributed by atoms with van der Waals surface area (Å²) in [6.07, 6.45) is 2.57. The highest BCUT2D eigenvalue weighted by Gasteiger charge is 2.17. The molecule has 1 rings (SSSR count). The van der Waals surface area contributed by atoms with E-state index in [4.69, 9.17) is 11.6 Å². The molecule has 0 saturated heterocycles. The summed E-state index contributed by atoms with van der Waals surface area (Å²) in [5.74, 6) is -0.167. The molecule has 1 N–H and O–H groups in total. The average Bonchev–Trinajstić information content (AvgIpc) is 2.27. The summed E-state index contributed by atoms with van der Waals surface area (Å²) >= 11 is 5.83. The molecule has 0 bridgehead atoms. The van der Waals surface area contributed by atoms with Gasteiger partial charge in [0.2, 0.25) is 0 Å². The number of rotatable bonds is 4. The Hall–Kier alpha value is -1.09. The number of carbonyl (C=O) groups is 1. The Labute approximate surface area is 101 Å². The summed E-state index contributed by atoms with van der Waals surface area (Å²) in [6, 6.07) is 3.37. The van der Waals surface area contributed by atoms with Gasteiger partial charge in [0.05, 0.1) is 5.56 Å². The van der Waals surface area contributed by atoms with Crippen LogP contribution in [0.25, 0.3) is 0 Å². The standard InChI is InChI=1S/C12H17ClN2O/c1-4-12(2,3)8-15-11(16)9-6-5-7-14-10(9)13/h5-7H,4,8H2,1-3H3,(H,15,16). The maximum Gasteiger partial charge on any atom is 0.254 e. The summed E-state index contributed by atoms with van der Waals surface area (Å²) in [5, 5.41) is 3.11. The Morgan fingerprint density at radius 2 is 2.25 bits per heavy atom. The van der Waals surface area contributed by atoms with Crippen LogP contribution in [0.4, 0.5) is 0 Å². The highest BCUT2D eigenvalue weighted by Crippen LogP contribution is 2.18. The molecule has 0 aromatic carbocycles. The van der Waals surface area contributed by atoms with E-state index in [2.05, 4.69) is 31.1 Å². The van der Waals surface area contributed by atoms with Gasteiger partial charge in [0, 0.05) is 12.7 Å². The number of aromatic nitrogens is 1. The van der Waals surface area contributed by atoms with E-state index < -0.39 is 0 Å². The minimum atomic E-state index is -0.167. The molecule has 0 spiro atoms. The molecular formula is C12H17ClN2O. The van der Waals surface area contributed by atoms with Crippen LogP contribution in [0.15, 0.2) is 18.3 Å². The highest BCUT2D eigenvalue weighted by atomic mass is 35.5. The van der Waals surface area contributed by atoms with Gasteiger partial charge in [0.25, 0.3) is 5.91 Å². The zero-order valence-corrected chi connectivity index (χ0v) is 10.6. The minimum Gasteiger partial charge on any atom is -0.351 e. The summed E-state index contributed by atoms with van der Waals surface area (Å²) in [4.78, 5) is 15.7. The van der Waals surface area contributed by atoms with Crippen LogP contribution in [0.1, 0.15) is 37.6 Å². The van der Waals surface area contributed by atoms with E-state index in [1.54, 1.807) is 18.3 Å². The third-order valence-corrected chi connectivity index (χ3v) is 2.99. The van der Waals surface area contributed by atoms with Crippen LogP contribution in [0.3, 0.4) is 0 Å². The largest absolute Gasteiger partial charge is 0.351 e. The summed E-state index contributed by atoms with van der Waals surface area (Å²) in [7, 11) is 0. The topological polar surface area (TPSA) is 42.0 Å². The van der Waals surface area contributed by atoms with Crippen molar-refractivity contribution in [1.29, 1.82) is 0 Å². The lowest BCUT2D eigenvalue weighted by molar-refractivity contribution is 0.0935. The quantitative estimate of drug-likeness (QED) is 0.823. The molecule has 3 nitrogen and oxygen atoms in total. The van der Waals surface area contributed by atoms with Gasteiger partial charge in [0.1, 0.15) is 5.15 Å². The van der Waals surface area contributed by atoms with Crippen molar-refractivity contribution < 1.29 is 4.79 Å². The fourth-order valence-electron chi connectivity index (χ4n) is 1.10. The van der Waals surface area contributed by atoms with Crippen LogP contribution in [0.2, 0.25) is 5.15 Å². The summed E-state index contributed by atoms with van der Waals surface area (Å²) in [5.41, 5.74) is 0.528. The van der Waals surface area contributed by atoms with E-state index in [9.17, 15) is 4.79 Å². The molecule has 16 heavy (non-hydrogen) atoms. The SMILES string of the molecule is CCC(C)(C)CNC(=O)c1cccnc1Cl. The molecule has 0 aliphatic rings. The Morgan fingerprint density at radius 1 is 1.56 bits per heavy atom. The number of carbonyl (C=O) groups excluding carboxylic acids is 1. The van der Waals surface area contributed by atoms with Crippen LogP contribution in [0.5, 0.6) is 0 Å². The first-order valence-corrected chi connectivity index (χ1v) is 5.73. The molecule has 0 radical (unpaired) electrons. The van der Waals surface area contributed by atoms with Gasteiger partial charge in [-0.1, -0.05) is 32.4 Å².